The van der Waals surface area contributed by atoms with Crippen molar-refractivity contribution < 1.29 is 28.7 Å². The van der Waals surface area contributed by atoms with Crippen molar-refractivity contribution in [3.63, 3.8) is 0 Å². The SMILES string of the molecule is COC[C@@H]1CN(c2ccc3nc4n(c3c2)C[C@@H]2CC[C@H](COc3c(cnn3C)-c3cc(cc(C)n3)C(=O)N4)C2)CCN1CC1CN(c2ccc3c(c2)CN(C2CCC(=O)NC2=O)C3=O)C1. The number of ether oxygens (including phenoxy) is 2. The Morgan fingerprint density at radius 2 is 1.69 bits per heavy atom. The van der Waals surface area contributed by atoms with Crippen LogP contribution >= 0.6 is 0 Å². The molecule has 0 spiro atoms. The fourth-order valence-electron chi connectivity index (χ4n) is 11.1. The van der Waals surface area contributed by atoms with Gasteiger partial charge in [-0.2, -0.15) is 5.10 Å². The zero-order valence-electron chi connectivity index (χ0n) is 37.2. The van der Waals surface area contributed by atoms with Crippen molar-refractivity contribution in [1.82, 2.24) is 39.4 Å². The number of pyridine rings is 1. The molecule has 3 aromatic heterocycles. The van der Waals surface area contributed by atoms with Gasteiger partial charge >= 0.3 is 0 Å². The molecule has 6 aliphatic rings. The molecule has 1 saturated carbocycles. The molecule has 11 rings (SSSR count). The van der Waals surface area contributed by atoms with Crippen molar-refractivity contribution >= 4 is 52.0 Å². The highest BCUT2D eigenvalue weighted by molar-refractivity contribution is 6.06. The molecule has 5 aliphatic heterocycles. The average molecular weight is 882 g/mol. The van der Waals surface area contributed by atoms with Gasteiger partial charge in [0.05, 0.1) is 47.7 Å². The molecule has 4 fully saturated rings. The quantitative estimate of drug-likeness (QED) is 0.223. The molecule has 1 unspecified atom stereocenters. The van der Waals surface area contributed by atoms with E-state index in [0.717, 1.165) is 104 Å². The molecular weight excluding hydrogens is 827 g/mol. The second-order valence-corrected chi connectivity index (χ2v) is 19.0. The molecule has 4 bridgehead atoms. The number of fused-ring (bicyclic) bond motifs is 10. The zero-order valence-corrected chi connectivity index (χ0v) is 37.2. The highest BCUT2D eigenvalue weighted by Gasteiger charge is 2.40. The van der Waals surface area contributed by atoms with Gasteiger partial charge in [0.2, 0.25) is 23.6 Å². The number of imidazole rings is 1. The summed E-state index contributed by atoms with van der Waals surface area (Å²) >= 11 is 0. The number of carbonyl (C=O) groups is 4. The monoisotopic (exact) mass is 881 g/mol. The third-order valence-electron chi connectivity index (χ3n) is 14.5. The highest BCUT2D eigenvalue weighted by Crippen LogP contribution is 2.38. The van der Waals surface area contributed by atoms with Crippen molar-refractivity contribution in [1.29, 1.82) is 0 Å². The van der Waals surface area contributed by atoms with Crippen LogP contribution in [0.4, 0.5) is 17.3 Å². The maximum Gasteiger partial charge on any atom is 0.258 e. The number of piperidine rings is 1. The van der Waals surface area contributed by atoms with Gasteiger partial charge in [-0.05, 0) is 98.5 Å². The number of hydrogen-bond donors (Lipinski definition) is 2. The molecule has 3 saturated heterocycles. The van der Waals surface area contributed by atoms with Gasteiger partial charge in [-0.1, -0.05) is 0 Å². The molecule has 2 aromatic carbocycles. The lowest BCUT2D eigenvalue weighted by atomic mass is 9.96. The van der Waals surface area contributed by atoms with Crippen LogP contribution in [0.5, 0.6) is 5.88 Å². The molecule has 0 radical (unpaired) electrons. The Morgan fingerprint density at radius 1 is 0.862 bits per heavy atom. The van der Waals surface area contributed by atoms with Crippen LogP contribution in [0.2, 0.25) is 0 Å². The summed E-state index contributed by atoms with van der Waals surface area (Å²) in [7, 11) is 3.65. The van der Waals surface area contributed by atoms with E-state index in [1.807, 2.05) is 26.1 Å². The lowest BCUT2D eigenvalue weighted by Crippen LogP contribution is -2.59. The molecule has 4 atom stereocenters. The van der Waals surface area contributed by atoms with E-state index in [2.05, 4.69) is 59.3 Å². The summed E-state index contributed by atoms with van der Waals surface area (Å²) in [6.07, 6.45) is 5.51. The summed E-state index contributed by atoms with van der Waals surface area (Å²) < 4.78 is 16.2. The van der Waals surface area contributed by atoms with E-state index in [0.29, 0.717) is 72.6 Å². The number of amides is 4. The lowest BCUT2D eigenvalue weighted by molar-refractivity contribution is -0.136. The van der Waals surface area contributed by atoms with Crippen molar-refractivity contribution in [3.8, 4) is 17.1 Å². The number of hydrogen-bond acceptors (Lipinski definition) is 12. The molecule has 4 amide bonds. The van der Waals surface area contributed by atoms with E-state index >= 15 is 0 Å². The predicted octanol–water partition coefficient (Wildman–Crippen LogP) is 4.24. The Kier molecular flexibility index (Phi) is 10.6. The maximum absolute atomic E-state index is 14.0. The summed E-state index contributed by atoms with van der Waals surface area (Å²) in [5.41, 5.74) is 8.27. The van der Waals surface area contributed by atoms with Gasteiger partial charge in [0.25, 0.3) is 11.8 Å². The van der Waals surface area contributed by atoms with Crippen molar-refractivity contribution in [2.45, 2.75) is 64.2 Å². The molecule has 17 nitrogen and oxygen atoms in total. The van der Waals surface area contributed by atoms with Gasteiger partial charge in [0.15, 0.2) is 0 Å². The summed E-state index contributed by atoms with van der Waals surface area (Å²) in [5, 5.41) is 10.1. The third-order valence-corrected chi connectivity index (χ3v) is 14.5. The van der Waals surface area contributed by atoms with Crippen LogP contribution in [0.1, 0.15) is 64.1 Å². The summed E-state index contributed by atoms with van der Waals surface area (Å²) in [4.78, 5) is 70.4. The Balaban J connectivity index is 0.777. The van der Waals surface area contributed by atoms with Crippen LogP contribution in [0.25, 0.3) is 22.3 Å². The Hall–Kier alpha value is -6.33. The number of nitrogens with zero attached hydrogens (tertiary/aromatic N) is 9. The van der Waals surface area contributed by atoms with Gasteiger partial charge in [0.1, 0.15) is 6.04 Å². The largest absolute Gasteiger partial charge is 0.477 e. The van der Waals surface area contributed by atoms with Crippen LogP contribution in [0.3, 0.4) is 0 Å². The number of methoxy groups -OCH3 is 1. The summed E-state index contributed by atoms with van der Waals surface area (Å²) in [6.45, 7) is 9.63. The first-order valence-corrected chi connectivity index (χ1v) is 23.0. The van der Waals surface area contributed by atoms with Crippen molar-refractivity contribution in [2.24, 2.45) is 24.8 Å². The number of rotatable bonds is 7. The fourth-order valence-corrected chi connectivity index (χ4v) is 11.1. The highest BCUT2D eigenvalue weighted by atomic mass is 16.5. The van der Waals surface area contributed by atoms with Gasteiger partial charge in [-0.25, -0.2) is 9.67 Å². The minimum Gasteiger partial charge on any atom is -0.477 e. The van der Waals surface area contributed by atoms with Crippen molar-refractivity contribution in [2.75, 3.05) is 74.7 Å². The van der Waals surface area contributed by atoms with Gasteiger partial charge in [-0.15, -0.1) is 0 Å². The lowest BCUT2D eigenvalue weighted by Gasteiger charge is -2.47. The molecule has 338 valence electrons. The van der Waals surface area contributed by atoms with E-state index < -0.39 is 11.9 Å². The normalized spacial score (nSPS) is 23.9. The molecule has 8 heterocycles. The first-order chi connectivity index (χ1) is 31.5. The second kappa shape index (κ2) is 16.6. The molecule has 2 N–H and O–H groups in total. The standard InChI is InChI=1S/C48H55N11O6/c1-28-14-32-17-40(50-28)38-19-49-54(2)47(38)65-26-30-5-4-29(15-30)23-59-42-18-35(7-9-39(42)51-48(59)53-44(32)61)56-13-12-55(36(25-56)27-64-3)20-31-21-57(22-31)34-6-8-37-33(16-34)24-58(46(37)63)41-10-11-43(60)52-45(41)62/h6-9,14,16-19,29-31,36,41H,4-5,10-13,15,20-27H2,1-3H3,(H,51,53,61)(H,52,60,62)/t29-,30+,36+,41?/m1/s1. The first-order valence-electron chi connectivity index (χ1n) is 23.0. The summed E-state index contributed by atoms with van der Waals surface area (Å²) in [6, 6.07) is 15.7. The van der Waals surface area contributed by atoms with Gasteiger partial charge in [-0.3, -0.25) is 39.7 Å². The van der Waals surface area contributed by atoms with Crippen molar-refractivity contribution in [3.05, 3.63) is 77.1 Å². The van der Waals surface area contributed by atoms with Gasteiger partial charge < -0.3 is 28.7 Å². The molecular formula is C48H55N11O6. The van der Waals surface area contributed by atoms with E-state index in [4.69, 9.17) is 19.4 Å². The number of aryl methyl sites for hydroxylation is 2. The average Bonchev–Trinajstić information content (AvgIpc) is 4.05. The minimum atomic E-state index is -0.618. The Labute approximate surface area is 377 Å². The number of anilines is 3. The number of imide groups is 1. The zero-order chi connectivity index (χ0) is 44.5. The van der Waals surface area contributed by atoms with Crippen LogP contribution in [0.15, 0.2) is 54.7 Å². The molecule has 5 aromatic rings. The Morgan fingerprint density at radius 3 is 2.54 bits per heavy atom. The van der Waals surface area contributed by atoms with Crippen LogP contribution in [-0.2, 0) is 34.5 Å². The van der Waals surface area contributed by atoms with Crippen LogP contribution < -0.4 is 25.2 Å². The number of nitrogens with one attached hydrogen (secondary N) is 2. The first kappa shape index (κ1) is 41.4. The van der Waals surface area contributed by atoms with Crippen LogP contribution in [-0.4, -0.2) is 129 Å². The molecule has 17 heteroatoms. The van der Waals surface area contributed by atoms with E-state index in [9.17, 15) is 19.2 Å². The number of aromatic nitrogens is 5. The molecule has 65 heavy (non-hydrogen) atoms. The number of benzene rings is 2. The molecule has 1 aliphatic carbocycles. The van der Waals surface area contributed by atoms with E-state index in [-0.39, 0.29) is 30.2 Å². The fraction of sp³-hybridized carbons (Fsp3) is 0.479. The van der Waals surface area contributed by atoms with E-state index in [1.54, 1.807) is 35.0 Å². The third kappa shape index (κ3) is 7.77. The topological polar surface area (TPSA) is 172 Å². The number of piperazine rings is 1. The predicted molar refractivity (Wildman–Crippen MR) is 243 cm³/mol. The number of carbonyl (C=O) groups excluding carboxylic acids is 4. The minimum absolute atomic E-state index is 0.148. The smallest absolute Gasteiger partial charge is 0.258 e. The van der Waals surface area contributed by atoms with E-state index in [1.165, 1.54) is 0 Å². The van der Waals surface area contributed by atoms with Gasteiger partial charge in [0, 0.05) is 107 Å². The maximum atomic E-state index is 14.0. The van der Waals surface area contributed by atoms with Crippen LogP contribution in [0, 0.1) is 24.7 Å². The Bertz CT molecular complexity index is 2720. The summed E-state index contributed by atoms with van der Waals surface area (Å²) in [5.74, 6) is 1.45. The second-order valence-electron chi connectivity index (χ2n) is 19.0.